The van der Waals surface area contributed by atoms with Gasteiger partial charge in [-0.1, -0.05) is 18.2 Å². The first-order valence-electron chi connectivity index (χ1n) is 20.2. The number of phenols is 2. The van der Waals surface area contributed by atoms with Gasteiger partial charge in [-0.2, -0.15) is 48.6 Å². The summed E-state index contributed by atoms with van der Waals surface area (Å²) in [5.74, 6) is -2.57. The van der Waals surface area contributed by atoms with Crippen LogP contribution < -0.4 is 20.7 Å². The zero-order chi connectivity index (χ0) is 52.8. The van der Waals surface area contributed by atoms with Gasteiger partial charge in [0.25, 0.3) is 40.5 Å². The Balaban J connectivity index is 1.27. The minimum atomic E-state index is -5.10. The van der Waals surface area contributed by atoms with E-state index in [9.17, 15) is 67.2 Å². The second kappa shape index (κ2) is 19.3. The summed E-state index contributed by atoms with van der Waals surface area (Å²) >= 11 is 0. The van der Waals surface area contributed by atoms with Crippen LogP contribution in [0.1, 0.15) is 5.56 Å². The van der Waals surface area contributed by atoms with Gasteiger partial charge in [-0.05, 0) is 102 Å². The molecule has 0 unspecified atom stereocenters. The smallest absolute Gasteiger partial charge is 0.320 e. The molecule has 0 amide bonds. The Morgan fingerprint density at radius 2 is 1.12 bits per heavy atom. The summed E-state index contributed by atoms with van der Waals surface area (Å²) < 4.78 is 142. The largest absolute Gasteiger partial charge is 0.507 e. The molecule has 73 heavy (non-hydrogen) atoms. The SMILES string of the molecule is COc1cc(N=Nc2cc(S(=O)(=O)O)cc3cc(S(=O)(=O)O)cc(O)c23)c(Nc2nc(O)nc(Nc3ccc(S(=O)(=O)O)cc3)n2)cc1N=Nc1c(S(=O)(=O)O)cc2ccc(Nc3cccc(C)c3)cc2c1O. The number of azo groups is 2. The number of aromatic nitrogens is 3. The minimum absolute atomic E-state index is 0.0864. The highest BCUT2D eigenvalue weighted by Crippen LogP contribution is 2.46. The monoisotopic (exact) mass is 1070 g/mol. The van der Waals surface area contributed by atoms with Crippen LogP contribution in [0, 0.1) is 6.92 Å². The molecule has 0 radical (unpaired) electrons. The lowest BCUT2D eigenvalue weighted by atomic mass is 10.1. The van der Waals surface area contributed by atoms with E-state index in [-0.39, 0.29) is 56.0 Å². The van der Waals surface area contributed by atoms with Gasteiger partial charge >= 0.3 is 6.01 Å². The first-order chi connectivity index (χ1) is 34.2. The molecule has 0 bridgehead atoms. The van der Waals surface area contributed by atoms with Gasteiger partial charge in [0.1, 0.15) is 33.5 Å². The molecule has 1 heterocycles. The van der Waals surface area contributed by atoms with E-state index in [1.165, 1.54) is 31.4 Å². The number of fused-ring (bicyclic) bond motifs is 2. The third kappa shape index (κ3) is 11.5. The second-order valence-corrected chi connectivity index (χ2v) is 21.0. The van der Waals surface area contributed by atoms with Gasteiger partial charge in [0.05, 0.1) is 38.6 Å². The molecule has 0 fully saturated rings. The average molecular weight is 1080 g/mol. The van der Waals surface area contributed by atoms with Crippen LogP contribution >= 0.6 is 0 Å². The standard InChI is InChI=1S/C43H34N10O16S4/c1-21-4-3-5-25(12-21)44-26-7-6-22-15-37(73(66,67)68)39(40(55)30(22)16-26)53-51-33-19-31(46-42-47-41(48-43(56)49-42)45-24-8-10-27(11-9-24)70(57,58)59)32(20-36(33)69-2)50-52-34-17-28(71(60,61)62)13-23-14-29(72(63,64)65)18-35(54)38(23)34/h3-20,44,54-55H,1-2H3,(H,57,58,59)(H,60,61,62)(H,63,64,65)(H,66,67,68)(H3,45,46,47,48,49,56). The summed E-state index contributed by atoms with van der Waals surface area (Å²) in [5.41, 5.74) is 0.296. The molecule has 30 heteroatoms. The Kier molecular flexibility index (Phi) is 13.4. The normalized spacial score (nSPS) is 12.5. The molecule has 0 aliphatic rings. The van der Waals surface area contributed by atoms with E-state index in [2.05, 4.69) is 51.4 Å². The van der Waals surface area contributed by atoms with Gasteiger partial charge in [0.2, 0.25) is 11.9 Å². The summed E-state index contributed by atoms with van der Waals surface area (Å²) in [7, 11) is -18.5. The van der Waals surface area contributed by atoms with Crippen LogP contribution in [0.25, 0.3) is 21.5 Å². The number of aryl methyl sites for hydroxylation is 1. The highest BCUT2D eigenvalue weighted by molar-refractivity contribution is 7.86. The topological polar surface area (TPSA) is 412 Å². The maximum atomic E-state index is 12.8. The van der Waals surface area contributed by atoms with Crippen molar-refractivity contribution in [3.63, 3.8) is 0 Å². The Morgan fingerprint density at radius 1 is 0.521 bits per heavy atom. The number of hydrogen-bond acceptors (Lipinski definition) is 22. The lowest BCUT2D eigenvalue weighted by Crippen LogP contribution is -2.04. The number of rotatable bonds is 15. The van der Waals surface area contributed by atoms with E-state index < -0.39 is 94.9 Å². The number of nitrogens with one attached hydrogen (secondary N) is 3. The fourth-order valence-electron chi connectivity index (χ4n) is 7.03. The van der Waals surface area contributed by atoms with Crippen molar-refractivity contribution in [2.24, 2.45) is 20.5 Å². The van der Waals surface area contributed by atoms with Gasteiger partial charge in [0.15, 0.2) is 5.75 Å². The quantitative estimate of drug-likeness (QED) is 0.0339. The zero-order valence-corrected chi connectivity index (χ0v) is 40.2. The van der Waals surface area contributed by atoms with Gasteiger partial charge in [0, 0.05) is 34.6 Å². The van der Waals surface area contributed by atoms with E-state index in [0.29, 0.717) is 17.4 Å². The fraction of sp³-hybridized carbons (Fsp3) is 0.0465. The number of hydrogen-bond donors (Lipinski definition) is 10. The first-order valence-corrected chi connectivity index (χ1v) is 26.0. The van der Waals surface area contributed by atoms with Crippen LogP contribution in [-0.2, 0) is 40.5 Å². The number of ether oxygens (including phenoxy) is 1. The fourth-order valence-corrected chi connectivity index (χ4v) is 9.24. The van der Waals surface area contributed by atoms with Crippen molar-refractivity contribution < 1.29 is 71.9 Å². The molecule has 0 saturated heterocycles. The summed E-state index contributed by atoms with van der Waals surface area (Å²) in [4.78, 5) is 8.88. The first kappa shape index (κ1) is 50.9. The maximum Gasteiger partial charge on any atom is 0.320 e. The Labute approximate surface area is 412 Å². The van der Waals surface area contributed by atoms with Crippen LogP contribution in [0.2, 0.25) is 0 Å². The van der Waals surface area contributed by atoms with Gasteiger partial charge in [-0.15, -0.1) is 20.5 Å². The van der Waals surface area contributed by atoms with E-state index in [4.69, 9.17) is 4.74 Å². The highest BCUT2D eigenvalue weighted by atomic mass is 32.2. The van der Waals surface area contributed by atoms with Crippen molar-refractivity contribution in [1.82, 2.24) is 15.0 Å². The third-order valence-electron chi connectivity index (χ3n) is 10.3. The van der Waals surface area contributed by atoms with Crippen molar-refractivity contribution in [3.05, 3.63) is 115 Å². The number of benzene rings is 7. The Morgan fingerprint density at radius 3 is 1.75 bits per heavy atom. The molecule has 0 aliphatic heterocycles. The van der Waals surface area contributed by atoms with E-state index in [1.807, 2.05) is 25.1 Å². The molecule has 8 aromatic rings. The summed E-state index contributed by atoms with van der Waals surface area (Å²) in [5, 5.41) is 57.8. The van der Waals surface area contributed by atoms with Crippen molar-refractivity contribution in [2.75, 3.05) is 23.1 Å². The summed E-state index contributed by atoms with van der Waals surface area (Å²) in [6.07, 6.45) is 0. The molecule has 0 saturated carbocycles. The van der Waals surface area contributed by atoms with Crippen molar-refractivity contribution >= 4 is 119 Å². The number of methoxy groups -OCH3 is 1. The zero-order valence-electron chi connectivity index (χ0n) is 37.0. The molecule has 0 aliphatic carbocycles. The predicted octanol–water partition coefficient (Wildman–Crippen LogP) is 8.66. The Hall–Kier alpha value is -8.49. The van der Waals surface area contributed by atoms with Crippen LogP contribution in [0.15, 0.2) is 149 Å². The Bertz CT molecular complexity index is 4100. The van der Waals surface area contributed by atoms with Crippen molar-refractivity contribution in [3.8, 4) is 23.3 Å². The number of aromatic hydroxyl groups is 3. The lowest BCUT2D eigenvalue weighted by molar-refractivity contribution is 0.416. The van der Waals surface area contributed by atoms with Gasteiger partial charge in [-0.25, -0.2) is 0 Å². The van der Waals surface area contributed by atoms with Gasteiger partial charge in [-0.3, -0.25) is 18.2 Å². The second-order valence-electron chi connectivity index (χ2n) is 15.4. The molecule has 8 rings (SSSR count). The molecule has 10 N–H and O–H groups in total. The molecular weight excluding hydrogens is 1040 g/mol. The molecule has 7 aromatic carbocycles. The van der Waals surface area contributed by atoms with Crippen LogP contribution in [0.5, 0.6) is 23.3 Å². The number of phenolic OH excluding ortho intramolecular Hbond substituents is 2. The lowest BCUT2D eigenvalue weighted by Gasteiger charge is -2.14. The molecule has 26 nitrogen and oxygen atoms in total. The summed E-state index contributed by atoms with van der Waals surface area (Å²) in [6.45, 7) is 1.89. The van der Waals surface area contributed by atoms with Gasteiger partial charge < -0.3 is 36.0 Å². The minimum Gasteiger partial charge on any atom is -0.507 e. The average Bonchev–Trinajstić information content (AvgIpc) is 3.29. The molecular formula is C43H34N10O16S4. The van der Waals surface area contributed by atoms with E-state index >= 15 is 0 Å². The van der Waals surface area contributed by atoms with E-state index in [1.54, 1.807) is 12.1 Å². The summed E-state index contributed by atoms with van der Waals surface area (Å²) in [6, 6.07) is 22.0. The van der Waals surface area contributed by atoms with Crippen molar-refractivity contribution in [2.45, 2.75) is 26.5 Å². The molecule has 1 aromatic heterocycles. The predicted molar refractivity (Wildman–Crippen MR) is 261 cm³/mol. The third-order valence-corrected chi connectivity index (χ3v) is 13.7. The van der Waals surface area contributed by atoms with Crippen LogP contribution in [0.3, 0.4) is 0 Å². The highest BCUT2D eigenvalue weighted by Gasteiger charge is 2.24. The molecule has 376 valence electrons. The van der Waals surface area contributed by atoms with E-state index in [0.717, 1.165) is 54.1 Å². The maximum absolute atomic E-state index is 12.8. The molecule has 0 atom stereocenters. The van der Waals surface area contributed by atoms with Crippen molar-refractivity contribution in [1.29, 1.82) is 0 Å². The number of nitrogens with zero attached hydrogens (tertiary/aromatic N) is 7. The molecule has 0 spiro atoms. The number of anilines is 6. The van der Waals surface area contributed by atoms with Crippen LogP contribution in [-0.4, -0.2) is 89.3 Å². The van der Waals surface area contributed by atoms with Crippen LogP contribution in [0.4, 0.5) is 57.4 Å².